The van der Waals surface area contributed by atoms with Gasteiger partial charge in [-0.15, -0.1) is 0 Å². The molecule has 2 saturated heterocycles. The molecule has 0 aromatic carbocycles. The molecule has 0 N–H and O–H groups in total. The van der Waals surface area contributed by atoms with Crippen LogP contribution in [0.4, 0.5) is 0 Å². The Morgan fingerprint density at radius 2 is 2.21 bits per heavy atom. The van der Waals surface area contributed by atoms with Gasteiger partial charge < -0.3 is 14.4 Å². The van der Waals surface area contributed by atoms with E-state index in [1.165, 1.54) is 12.8 Å². The fourth-order valence-corrected chi connectivity index (χ4v) is 3.78. The van der Waals surface area contributed by atoms with Gasteiger partial charge in [0.2, 0.25) is 5.91 Å². The fraction of sp³-hybridized carbons (Fsp3) is 0.684. The number of carbonyl (C=O) groups is 1. The van der Waals surface area contributed by atoms with Gasteiger partial charge in [-0.05, 0) is 43.2 Å². The van der Waals surface area contributed by atoms with Crippen molar-refractivity contribution in [2.75, 3.05) is 19.7 Å². The summed E-state index contributed by atoms with van der Waals surface area (Å²) in [6.45, 7) is 4.84. The molecule has 1 spiro atoms. The van der Waals surface area contributed by atoms with E-state index in [2.05, 4.69) is 11.1 Å². The summed E-state index contributed by atoms with van der Waals surface area (Å²) in [7, 11) is 0. The van der Waals surface area contributed by atoms with E-state index in [0.717, 1.165) is 50.1 Å². The first-order valence-corrected chi connectivity index (χ1v) is 9.06. The zero-order valence-corrected chi connectivity index (χ0v) is 14.4. The number of amides is 1. The molecule has 130 valence electrons. The van der Waals surface area contributed by atoms with Crippen LogP contribution in [0, 0.1) is 12.8 Å². The Kier molecular flexibility index (Phi) is 4.31. The average Bonchev–Trinajstić information content (AvgIpc) is 3.35. The molecular formula is C19H26N2O3. The standard InChI is InChI=1S/C19H26N2O3/c1-14-6-16(10-20-9-14)11-23-17-4-5-24-19(8-17)12-21(13-19)18(22)7-15-2-3-15/h6,9-10,15,17H,2-5,7-8,11-13H2,1H3. The number of hydrogen-bond donors (Lipinski definition) is 0. The first-order valence-electron chi connectivity index (χ1n) is 9.06. The maximum atomic E-state index is 12.2. The molecule has 0 bridgehead atoms. The first-order chi connectivity index (χ1) is 11.6. The van der Waals surface area contributed by atoms with Gasteiger partial charge in [0, 0.05) is 31.8 Å². The molecule has 3 fully saturated rings. The van der Waals surface area contributed by atoms with Crippen LogP contribution in [0.1, 0.15) is 43.2 Å². The lowest BCUT2D eigenvalue weighted by atomic mass is 9.84. The number of carbonyl (C=O) groups excluding carboxylic acids is 1. The number of hydrogen-bond acceptors (Lipinski definition) is 4. The third-order valence-corrected chi connectivity index (χ3v) is 5.34. The van der Waals surface area contributed by atoms with Gasteiger partial charge in [-0.3, -0.25) is 9.78 Å². The molecule has 4 rings (SSSR count). The Bertz CT molecular complexity index is 608. The molecule has 1 aromatic heterocycles. The van der Waals surface area contributed by atoms with Gasteiger partial charge in [0.15, 0.2) is 0 Å². The molecule has 1 aromatic rings. The number of pyridine rings is 1. The summed E-state index contributed by atoms with van der Waals surface area (Å²) < 4.78 is 12.1. The molecule has 1 atom stereocenters. The normalized spacial score (nSPS) is 25.5. The molecule has 1 aliphatic carbocycles. The minimum Gasteiger partial charge on any atom is -0.373 e. The van der Waals surface area contributed by atoms with Crippen molar-refractivity contribution in [1.29, 1.82) is 0 Å². The fourth-order valence-electron chi connectivity index (χ4n) is 3.78. The van der Waals surface area contributed by atoms with E-state index in [1.54, 1.807) is 0 Å². The molecule has 5 heteroatoms. The lowest BCUT2D eigenvalue weighted by Crippen LogP contribution is -2.67. The van der Waals surface area contributed by atoms with Crippen molar-refractivity contribution in [1.82, 2.24) is 9.88 Å². The van der Waals surface area contributed by atoms with Crippen LogP contribution in [-0.2, 0) is 20.9 Å². The van der Waals surface area contributed by atoms with Gasteiger partial charge in [-0.2, -0.15) is 0 Å². The lowest BCUT2D eigenvalue weighted by molar-refractivity contribution is -0.202. The summed E-state index contributed by atoms with van der Waals surface area (Å²) >= 11 is 0. The summed E-state index contributed by atoms with van der Waals surface area (Å²) in [6, 6.07) is 2.11. The van der Waals surface area contributed by atoms with Gasteiger partial charge in [0.25, 0.3) is 0 Å². The quantitative estimate of drug-likeness (QED) is 0.832. The van der Waals surface area contributed by atoms with Crippen LogP contribution in [0.3, 0.4) is 0 Å². The molecule has 1 unspecified atom stereocenters. The third-order valence-electron chi connectivity index (χ3n) is 5.34. The second-order valence-electron chi connectivity index (χ2n) is 7.73. The van der Waals surface area contributed by atoms with Crippen molar-refractivity contribution in [3.05, 3.63) is 29.6 Å². The maximum absolute atomic E-state index is 12.2. The molecule has 0 radical (unpaired) electrons. The Labute approximate surface area is 143 Å². The summed E-state index contributed by atoms with van der Waals surface area (Å²) in [5, 5.41) is 0. The number of aryl methyl sites for hydroxylation is 1. The molecule has 3 aliphatic rings. The van der Waals surface area contributed by atoms with Crippen LogP contribution in [-0.4, -0.2) is 47.2 Å². The van der Waals surface area contributed by atoms with Crippen molar-refractivity contribution >= 4 is 5.91 Å². The van der Waals surface area contributed by atoms with E-state index < -0.39 is 0 Å². The molecule has 2 aliphatic heterocycles. The number of ether oxygens (including phenoxy) is 2. The largest absolute Gasteiger partial charge is 0.373 e. The predicted octanol–water partition coefficient (Wildman–Crippen LogP) is 2.47. The second kappa shape index (κ2) is 6.45. The van der Waals surface area contributed by atoms with Crippen LogP contribution < -0.4 is 0 Å². The van der Waals surface area contributed by atoms with E-state index in [1.807, 2.05) is 24.2 Å². The maximum Gasteiger partial charge on any atom is 0.223 e. The SMILES string of the molecule is Cc1cncc(COC2CCOC3(C2)CN(C(=O)CC2CC2)C3)c1. The third kappa shape index (κ3) is 3.62. The zero-order valence-electron chi connectivity index (χ0n) is 14.4. The number of aromatic nitrogens is 1. The smallest absolute Gasteiger partial charge is 0.223 e. The Hall–Kier alpha value is -1.46. The topological polar surface area (TPSA) is 51.7 Å². The molecule has 1 saturated carbocycles. The minimum absolute atomic E-state index is 0.160. The molecule has 1 amide bonds. The van der Waals surface area contributed by atoms with Gasteiger partial charge in [-0.25, -0.2) is 0 Å². The van der Waals surface area contributed by atoms with Gasteiger partial charge in [0.05, 0.1) is 25.8 Å². The van der Waals surface area contributed by atoms with E-state index in [-0.39, 0.29) is 11.7 Å². The van der Waals surface area contributed by atoms with Gasteiger partial charge in [0.1, 0.15) is 5.60 Å². The number of nitrogens with zero attached hydrogens (tertiary/aromatic N) is 2. The Balaban J connectivity index is 1.26. The van der Waals surface area contributed by atoms with E-state index in [0.29, 0.717) is 18.4 Å². The van der Waals surface area contributed by atoms with E-state index in [9.17, 15) is 4.79 Å². The monoisotopic (exact) mass is 330 g/mol. The van der Waals surface area contributed by atoms with Crippen molar-refractivity contribution < 1.29 is 14.3 Å². The lowest BCUT2D eigenvalue weighted by Gasteiger charge is -2.53. The summed E-state index contributed by atoms with van der Waals surface area (Å²) in [5.41, 5.74) is 2.11. The Morgan fingerprint density at radius 1 is 1.38 bits per heavy atom. The predicted molar refractivity (Wildman–Crippen MR) is 89.4 cm³/mol. The number of rotatable bonds is 5. The summed E-state index contributed by atoms with van der Waals surface area (Å²) in [6.07, 6.45) is 8.93. The highest BCUT2D eigenvalue weighted by molar-refractivity contribution is 5.78. The number of likely N-dealkylation sites (tertiary alicyclic amines) is 1. The summed E-state index contributed by atoms with van der Waals surface area (Å²) in [5.74, 6) is 0.959. The van der Waals surface area contributed by atoms with Crippen molar-refractivity contribution in [3.63, 3.8) is 0 Å². The van der Waals surface area contributed by atoms with E-state index >= 15 is 0 Å². The van der Waals surface area contributed by atoms with E-state index in [4.69, 9.17) is 9.47 Å². The van der Waals surface area contributed by atoms with Crippen LogP contribution in [0.2, 0.25) is 0 Å². The zero-order chi connectivity index (χ0) is 16.6. The molecule has 3 heterocycles. The minimum atomic E-state index is -0.160. The highest BCUT2D eigenvalue weighted by Crippen LogP contribution is 2.38. The second-order valence-corrected chi connectivity index (χ2v) is 7.73. The highest BCUT2D eigenvalue weighted by Gasteiger charge is 2.49. The average molecular weight is 330 g/mol. The highest BCUT2D eigenvalue weighted by atomic mass is 16.5. The van der Waals surface area contributed by atoms with Crippen LogP contribution in [0.25, 0.3) is 0 Å². The van der Waals surface area contributed by atoms with Crippen molar-refractivity contribution in [3.8, 4) is 0 Å². The molecular weight excluding hydrogens is 304 g/mol. The Morgan fingerprint density at radius 3 is 2.96 bits per heavy atom. The van der Waals surface area contributed by atoms with Crippen molar-refractivity contribution in [2.45, 2.75) is 57.3 Å². The van der Waals surface area contributed by atoms with Gasteiger partial charge in [-0.1, -0.05) is 6.07 Å². The van der Waals surface area contributed by atoms with Gasteiger partial charge >= 0.3 is 0 Å². The van der Waals surface area contributed by atoms with Crippen LogP contribution in [0.15, 0.2) is 18.5 Å². The van der Waals surface area contributed by atoms with Crippen LogP contribution >= 0.6 is 0 Å². The molecule has 24 heavy (non-hydrogen) atoms. The molecule has 5 nitrogen and oxygen atoms in total. The first kappa shape index (κ1) is 16.0. The van der Waals surface area contributed by atoms with Crippen LogP contribution in [0.5, 0.6) is 0 Å². The summed E-state index contributed by atoms with van der Waals surface area (Å²) in [4.78, 5) is 18.3. The van der Waals surface area contributed by atoms with Crippen molar-refractivity contribution in [2.24, 2.45) is 5.92 Å².